The zero-order valence-electron chi connectivity index (χ0n) is 13.5. The first kappa shape index (κ1) is 14.8. The lowest BCUT2D eigenvalue weighted by Gasteiger charge is -2.41. The molecule has 0 spiro atoms. The number of fused-ring (bicyclic) bond motifs is 1. The number of alkyl halides is 1. The molecule has 1 atom stereocenters. The van der Waals surface area contributed by atoms with Gasteiger partial charge in [-0.2, -0.15) is 0 Å². The maximum absolute atomic E-state index is 15.9. The molecule has 1 aromatic rings. The van der Waals surface area contributed by atoms with E-state index in [0.29, 0.717) is 16.9 Å². The van der Waals surface area contributed by atoms with Gasteiger partial charge in [0.05, 0.1) is 0 Å². The number of benzene rings is 1. The highest BCUT2D eigenvalue weighted by atomic mass is 19.1. The Morgan fingerprint density at radius 2 is 1.86 bits per heavy atom. The molecule has 3 rings (SSSR count). The molecular formula is C20H21FO. The van der Waals surface area contributed by atoms with Crippen molar-refractivity contribution in [2.45, 2.75) is 39.0 Å². The predicted molar refractivity (Wildman–Crippen MR) is 89.1 cm³/mol. The van der Waals surface area contributed by atoms with Crippen LogP contribution in [0.5, 0.6) is 0 Å². The molecule has 0 radical (unpaired) electrons. The van der Waals surface area contributed by atoms with E-state index in [1.807, 2.05) is 76.3 Å². The molecule has 2 aliphatic rings. The van der Waals surface area contributed by atoms with Crippen LogP contribution >= 0.6 is 0 Å². The van der Waals surface area contributed by atoms with E-state index in [9.17, 15) is 0 Å². The highest BCUT2D eigenvalue weighted by molar-refractivity contribution is 5.67. The van der Waals surface area contributed by atoms with Crippen molar-refractivity contribution in [3.8, 4) is 0 Å². The summed E-state index contributed by atoms with van der Waals surface area (Å²) in [5.74, 6) is 0.375. The minimum atomic E-state index is -1.67. The summed E-state index contributed by atoms with van der Waals surface area (Å²) in [6.45, 7) is 7.76. The molecule has 1 aromatic carbocycles. The molecule has 114 valence electrons. The predicted octanol–water partition coefficient (Wildman–Crippen LogP) is 5.30. The number of halogens is 1. The van der Waals surface area contributed by atoms with Crippen molar-refractivity contribution in [1.82, 2.24) is 0 Å². The van der Waals surface area contributed by atoms with Crippen molar-refractivity contribution < 1.29 is 9.13 Å². The SMILES string of the molecule is CC1=CC(C)(C)OC2=CC=C/C(=C/c3ccccc3C)C12F. The first-order chi connectivity index (χ1) is 10.3. The van der Waals surface area contributed by atoms with E-state index in [4.69, 9.17) is 4.74 Å². The summed E-state index contributed by atoms with van der Waals surface area (Å²) in [5.41, 5.74) is 1.29. The van der Waals surface area contributed by atoms with Crippen LogP contribution in [0.2, 0.25) is 0 Å². The molecule has 1 heterocycles. The van der Waals surface area contributed by atoms with Crippen molar-refractivity contribution in [2.75, 3.05) is 0 Å². The molecule has 22 heavy (non-hydrogen) atoms. The molecule has 0 aromatic heterocycles. The Kier molecular flexibility index (Phi) is 3.36. The Balaban J connectivity index is 2.14. The number of allylic oxidation sites excluding steroid dienone is 4. The molecule has 0 saturated heterocycles. The van der Waals surface area contributed by atoms with Gasteiger partial charge in [-0.15, -0.1) is 0 Å². The summed E-state index contributed by atoms with van der Waals surface area (Å²) >= 11 is 0. The summed E-state index contributed by atoms with van der Waals surface area (Å²) in [4.78, 5) is 0. The van der Waals surface area contributed by atoms with Gasteiger partial charge in [-0.25, -0.2) is 4.39 Å². The molecule has 1 aliphatic carbocycles. The summed E-state index contributed by atoms with van der Waals surface area (Å²) in [7, 11) is 0. The second-order valence-electron chi connectivity index (χ2n) is 6.54. The lowest BCUT2D eigenvalue weighted by atomic mass is 9.78. The lowest BCUT2D eigenvalue weighted by molar-refractivity contribution is 0.0204. The molecule has 0 saturated carbocycles. The Hall–Kier alpha value is -2.09. The number of aryl methyl sites for hydroxylation is 1. The number of hydrogen-bond acceptors (Lipinski definition) is 1. The topological polar surface area (TPSA) is 9.23 Å². The fraction of sp³-hybridized carbons (Fsp3) is 0.300. The fourth-order valence-electron chi connectivity index (χ4n) is 3.13. The molecule has 0 fully saturated rings. The molecule has 1 unspecified atom stereocenters. The molecule has 2 heteroatoms. The Labute approximate surface area is 131 Å². The van der Waals surface area contributed by atoms with Crippen molar-refractivity contribution in [3.05, 3.63) is 76.6 Å². The van der Waals surface area contributed by atoms with Gasteiger partial charge >= 0.3 is 0 Å². The van der Waals surface area contributed by atoms with Gasteiger partial charge in [0.1, 0.15) is 11.4 Å². The van der Waals surface area contributed by atoms with Crippen molar-refractivity contribution in [1.29, 1.82) is 0 Å². The second-order valence-corrected chi connectivity index (χ2v) is 6.54. The van der Waals surface area contributed by atoms with E-state index in [-0.39, 0.29) is 0 Å². The minimum Gasteiger partial charge on any atom is -0.484 e. The van der Waals surface area contributed by atoms with Gasteiger partial charge in [-0.3, -0.25) is 0 Å². The zero-order chi connectivity index (χ0) is 16.0. The Morgan fingerprint density at radius 1 is 1.14 bits per heavy atom. The molecule has 1 aliphatic heterocycles. The summed E-state index contributed by atoms with van der Waals surface area (Å²) in [5, 5.41) is 0. The largest absolute Gasteiger partial charge is 0.484 e. The second kappa shape index (κ2) is 4.98. The molecular weight excluding hydrogens is 275 g/mol. The maximum Gasteiger partial charge on any atom is 0.213 e. The van der Waals surface area contributed by atoms with Gasteiger partial charge in [0.15, 0.2) is 0 Å². The van der Waals surface area contributed by atoms with Crippen LogP contribution in [-0.2, 0) is 4.74 Å². The standard InChI is InChI=1S/C20H21FO/c1-14-8-5-6-9-16(14)12-17-10-7-11-18-20(17,21)15(2)13-19(3,4)22-18/h5-13H,1-4H3/b17-12-. The van der Waals surface area contributed by atoms with E-state index in [1.54, 1.807) is 6.08 Å². The Bertz CT molecular complexity index is 734. The summed E-state index contributed by atoms with van der Waals surface area (Å²) in [6.07, 6.45) is 9.20. The number of hydrogen-bond donors (Lipinski definition) is 0. The third-order valence-electron chi connectivity index (χ3n) is 4.24. The van der Waals surface area contributed by atoms with Gasteiger partial charge in [0.25, 0.3) is 0 Å². The monoisotopic (exact) mass is 296 g/mol. The van der Waals surface area contributed by atoms with Crippen LogP contribution in [0.3, 0.4) is 0 Å². The number of ether oxygens (including phenoxy) is 1. The zero-order valence-corrected chi connectivity index (χ0v) is 13.5. The van der Waals surface area contributed by atoms with Crippen LogP contribution in [0.15, 0.2) is 65.5 Å². The van der Waals surface area contributed by atoms with Crippen LogP contribution in [0.4, 0.5) is 4.39 Å². The van der Waals surface area contributed by atoms with Crippen LogP contribution in [0, 0.1) is 6.92 Å². The number of rotatable bonds is 1. The third-order valence-corrected chi connectivity index (χ3v) is 4.24. The quantitative estimate of drug-likeness (QED) is 0.639. The third kappa shape index (κ3) is 2.33. The van der Waals surface area contributed by atoms with Crippen LogP contribution in [-0.4, -0.2) is 11.3 Å². The van der Waals surface area contributed by atoms with Gasteiger partial charge in [0.2, 0.25) is 5.67 Å². The van der Waals surface area contributed by atoms with E-state index >= 15 is 4.39 Å². The average molecular weight is 296 g/mol. The van der Waals surface area contributed by atoms with E-state index < -0.39 is 11.3 Å². The van der Waals surface area contributed by atoms with Crippen LogP contribution in [0.25, 0.3) is 6.08 Å². The van der Waals surface area contributed by atoms with Crippen LogP contribution in [0.1, 0.15) is 31.9 Å². The molecule has 0 bridgehead atoms. The Morgan fingerprint density at radius 3 is 2.59 bits per heavy atom. The summed E-state index contributed by atoms with van der Waals surface area (Å²) in [6, 6.07) is 7.99. The van der Waals surface area contributed by atoms with Gasteiger partial charge in [-0.1, -0.05) is 36.4 Å². The van der Waals surface area contributed by atoms with E-state index in [2.05, 4.69) is 0 Å². The van der Waals surface area contributed by atoms with E-state index in [0.717, 1.165) is 11.1 Å². The van der Waals surface area contributed by atoms with Crippen molar-refractivity contribution in [3.63, 3.8) is 0 Å². The highest BCUT2D eigenvalue weighted by Crippen LogP contribution is 2.47. The molecule has 0 N–H and O–H groups in total. The van der Waals surface area contributed by atoms with Gasteiger partial charge < -0.3 is 4.74 Å². The first-order valence-corrected chi connectivity index (χ1v) is 7.57. The summed E-state index contributed by atoms with van der Waals surface area (Å²) < 4.78 is 21.7. The molecule has 0 amide bonds. The van der Waals surface area contributed by atoms with Gasteiger partial charge in [-0.05, 0) is 62.6 Å². The van der Waals surface area contributed by atoms with Crippen molar-refractivity contribution >= 4 is 6.08 Å². The van der Waals surface area contributed by atoms with Gasteiger partial charge in [0, 0.05) is 5.57 Å². The molecule has 1 nitrogen and oxygen atoms in total. The smallest absolute Gasteiger partial charge is 0.213 e. The first-order valence-electron chi connectivity index (χ1n) is 7.57. The lowest BCUT2D eigenvalue weighted by Crippen LogP contribution is -2.41. The average Bonchev–Trinajstić information content (AvgIpc) is 2.43. The normalized spacial score (nSPS) is 27.8. The van der Waals surface area contributed by atoms with E-state index in [1.165, 1.54) is 0 Å². The van der Waals surface area contributed by atoms with Crippen LogP contribution < -0.4 is 0 Å². The fourth-order valence-corrected chi connectivity index (χ4v) is 3.13. The van der Waals surface area contributed by atoms with Crippen molar-refractivity contribution in [2.24, 2.45) is 0 Å². The maximum atomic E-state index is 15.9. The highest BCUT2D eigenvalue weighted by Gasteiger charge is 2.47. The minimum absolute atomic E-state index is 0.375.